The van der Waals surface area contributed by atoms with Gasteiger partial charge in [0, 0.05) is 5.02 Å². The molecule has 3 nitrogen and oxygen atoms in total. The molecule has 0 aliphatic heterocycles. The summed E-state index contributed by atoms with van der Waals surface area (Å²) in [5, 5.41) is 3.36. The maximum atomic E-state index is 11.8. The second-order valence-corrected chi connectivity index (χ2v) is 4.91. The van der Waals surface area contributed by atoms with Crippen molar-refractivity contribution in [1.29, 1.82) is 0 Å². The van der Waals surface area contributed by atoms with Crippen LogP contribution in [0.5, 0.6) is 0 Å². The van der Waals surface area contributed by atoms with Gasteiger partial charge < -0.3 is 5.32 Å². The minimum Gasteiger partial charge on any atom is -0.324 e. The molecule has 0 saturated carbocycles. The number of amides is 1. The van der Waals surface area contributed by atoms with Crippen LogP contribution in [0.4, 0.5) is 5.69 Å². The largest absolute Gasteiger partial charge is 0.324 e. The van der Waals surface area contributed by atoms with E-state index >= 15 is 0 Å². The molecule has 1 heterocycles. The maximum Gasteiger partial charge on any atom is 0.228 e. The van der Waals surface area contributed by atoms with Gasteiger partial charge in [-0.25, -0.2) is 4.98 Å². The highest BCUT2D eigenvalue weighted by Gasteiger charge is 2.07. The molecule has 0 aliphatic rings. The summed E-state index contributed by atoms with van der Waals surface area (Å²) >= 11 is 9.23. The minimum atomic E-state index is -0.118. The predicted molar refractivity (Wildman–Crippen MR) is 75.7 cm³/mol. The first-order valence-corrected chi connectivity index (χ1v) is 6.47. The number of nitrogens with zero attached hydrogens (tertiary/aromatic N) is 1. The standard InChI is InChI=1S/C13H10BrClN2O/c14-12-6-5-10(8-16-12)17-13(18)7-9-3-1-2-4-11(9)15/h1-6,8H,7H2,(H,17,18). The molecule has 2 aromatic rings. The van der Waals surface area contributed by atoms with E-state index in [1.165, 1.54) is 0 Å². The highest BCUT2D eigenvalue weighted by molar-refractivity contribution is 9.10. The number of nitrogens with one attached hydrogen (secondary N) is 1. The summed E-state index contributed by atoms with van der Waals surface area (Å²) in [7, 11) is 0. The second kappa shape index (κ2) is 5.98. The molecule has 92 valence electrons. The zero-order chi connectivity index (χ0) is 13.0. The Morgan fingerprint density at radius 1 is 1.28 bits per heavy atom. The van der Waals surface area contributed by atoms with Crippen LogP contribution in [-0.2, 0) is 11.2 Å². The van der Waals surface area contributed by atoms with Crippen LogP contribution in [-0.4, -0.2) is 10.9 Å². The van der Waals surface area contributed by atoms with Gasteiger partial charge in [0.1, 0.15) is 4.60 Å². The lowest BCUT2D eigenvalue weighted by molar-refractivity contribution is -0.115. The molecule has 1 amide bonds. The molecule has 1 aromatic carbocycles. The molecule has 0 unspecified atom stereocenters. The normalized spacial score (nSPS) is 10.1. The average Bonchev–Trinajstić information content (AvgIpc) is 2.35. The molecule has 0 spiro atoms. The van der Waals surface area contributed by atoms with Gasteiger partial charge in [-0.05, 0) is 39.7 Å². The molecule has 0 saturated heterocycles. The van der Waals surface area contributed by atoms with Crippen LogP contribution in [0.2, 0.25) is 5.02 Å². The van der Waals surface area contributed by atoms with Gasteiger partial charge in [0.05, 0.1) is 18.3 Å². The first-order chi connectivity index (χ1) is 8.65. The third-order valence-electron chi connectivity index (χ3n) is 2.32. The lowest BCUT2D eigenvalue weighted by atomic mass is 10.1. The van der Waals surface area contributed by atoms with Gasteiger partial charge in [0.2, 0.25) is 5.91 Å². The maximum absolute atomic E-state index is 11.8. The number of hydrogen-bond acceptors (Lipinski definition) is 2. The number of carbonyl (C=O) groups excluding carboxylic acids is 1. The van der Waals surface area contributed by atoms with Gasteiger partial charge in [0.25, 0.3) is 0 Å². The second-order valence-electron chi connectivity index (χ2n) is 3.69. The number of benzene rings is 1. The predicted octanol–water partition coefficient (Wildman–Crippen LogP) is 3.68. The molecule has 0 fully saturated rings. The summed E-state index contributed by atoms with van der Waals surface area (Å²) in [6.07, 6.45) is 1.84. The van der Waals surface area contributed by atoms with Crippen molar-refractivity contribution in [1.82, 2.24) is 4.98 Å². The Morgan fingerprint density at radius 3 is 2.72 bits per heavy atom. The molecule has 5 heteroatoms. The van der Waals surface area contributed by atoms with Crippen molar-refractivity contribution in [3.8, 4) is 0 Å². The van der Waals surface area contributed by atoms with Crippen molar-refractivity contribution in [3.63, 3.8) is 0 Å². The van der Waals surface area contributed by atoms with E-state index in [-0.39, 0.29) is 12.3 Å². The Bertz CT molecular complexity index is 557. The Hall–Kier alpha value is -1.39. The lowest BCUT2D eigenvalue weighted by Gasteiger charge is -2.06. The zero-order valence-corrected chi connectivity index (χ0v) is 11.7. The number of rotatable bonds is 3. The van der Waals surface area contributed by atoms with E-state index < -0.39 is 0 Å². The monoisotopic (exact) mass is 324 g/mol. The summed E-state index contributed by atoms with van der Waals surface area (Å²) in [6.45, 7) is 0. The van der Waals surface area contributed by atoms with Crippen molar-refractivity contribution in [2.45, 2.75) is 6.42 Å². The van der Waals surface area contributed by atoms with Crippen molar-refractivity contribution in [3.05, 3.63) is 57.8 Å². The number of pyridine rings is 1. The fourth-order valence-corrected chi connectivity index (χ4v) is 1.91. The lowest BCUT2D eigenvalue weighted by Crippen LogP contribution is -2.14. The fraction of sp³-hybridized carbons (Fsp3) is 0.0769. The van der Waals surface area contributed by atoms with Gasteiger partial charge in [-0.15, -0.1) is 0 Å². The van der Waals surface area contributed by atoms with E-state index in [1.807, 2.05) is 18.2 Å². The third-order valence-corrected chi connectivity index (χ3v) is 3.16. The Kier molecular flexibility index (Phi) is 4.33. The zero-order valence-electron chi connectivity index (χ0n) is 9.36. The molecular weight excluding hydrogens is 316 g/mol. The molecular formula is C13H10BrClN2O. The summed E-state index contributed by atoms with van der Waals surface area (Å²) in [4.78, 5) is 15.8. The van der Waals surface area contributed by atoms with E-state index in [4.69, 9.17) is 11.6 Å². The van der Waals surface area contributed by atoms with Crippen LogP contribution < -0.4 is 5.32 Å². The average molecular weight is 326 g/mol. The molecule has 0 atom stereocenters. The van der Waals surface area contributed by atoms with Crippen molar-refractivity contribution < 1.29 is 4.79 Å². The smallest absolute Gasteiger partial charge is 0.228 e. The Morgan fingerprint density at radius 2 is 2.06 bits per heavy atom. The van der Waals surface area contributed by atoms with Crippen LogP contribution in [0.25, 0.3) is 0 Å². The van der Waals surface area contributed by atoms with Crippen molar-refractivity contribution in [2.24, 2.45) is 0 Å². The number of halogens is 2. The van der Waals surface area contributed by atoms with Crippen LogP contribution in [0.15, 0.2) is 47.2 Å². The van der Waals surface area contributed by atoms with Crippen molar-refractivity contribution >= 4 is 39.1 Å². The number of carbonyl (C=O) groups is 1. The molecule has 0 aliphatic carbocycles. The molecule has 1 aromatic heterocycles. The Balaban J connectivity index is 2.01. The van der Waals surface area contributed by atoms with Gasteiger partial charge in [-0.3, -0.25) is 4.79 Å². The van der Waals surface area contributed by atoms with Gasteiger partial charge in [-0.2, -0.15) is 0 Å². The van der Waals surface area contributed by atoms with Crippen molar-refractivity contribution in [2.75, 3.05) is 5.32 Å². The topological polar surface area (TPSA) is 42.0 Å². The van der Waals surface area contributed by atoms with Gasteiger partial charge >= 0.3 is 0 Å². The summed E-state index contributed by atoms with van der Waals surface area (Å²) in [5.74, 6) is -0.118. The fourth-order valence-electron chi connectivity index (χ4n) is 1.47. The minimum absolute atomic E-state index is 0.118. The molecule has 0 bridgehead atoms. The highest BCUT2D eigenvalue weighted by atomic mass is 79.9. The molecule has 1 N–H and O–H groups in total. The van der Waals surface area contributed by atoms with E-state index in [1.54, 1.807) is 24.4 Å². The number of aromatic nitrogens is 1. The summed E-state index contributed by atoms with van der Waals surface area (Å²) < 4.78 is 0.728. The first-order valence-electron chi connectivity index (χ1n) is 5.30. The molecule has 0 radical (unpaired) electrons. The summed E-state index contributed by atoms with van der Waals surface area (Å²) in [6, 6.07) is 10.8. The first kappa shape index (κ1) is 13.1. The third kappa shape index (κ3) is 3.55. The van der Waals surface area contributed by atoms with E-state index in [0.29, 0.717) is 10.7 Å². The van der Waals surface area contributed by atoms with Crippen LogP contribution in [0, 0.1) is 0 Å². The molecule has 18 heavy (non-hydrogen) atoms. The van der Waals surface area contributed by atoms with Crippen LogP contribution >= 0.6 is 27.5 Å². The van der Waals surface area contributed by atoms with E-state index in [2.05, 4.69) is 26.2 Å². The van der Waals surface area contributed by atoms with Crippen LogP contribution in [0.1, 0.15) is 5.56 Å². The Labute approximate surface area is 118 Å². The highest BCUT2D eigenvalue weighted by Crippen LogP contribution is 2.16. The molecule has 2 rings (SSSR count). The van der Waals surface area contributed by atoms with Gasteiger partial charge in [0.15, 0.2) is 0 Å². The van der Waals surface area contributed by atoms with Gasteiger partial charge in [-0.1, -0.05) is 29.8 Å². The van der Waals surface area contributed by atoms with Crippen LogP contribution in [0.3, 0.4) is 0 Å². The number of hydrogen-bond donors (Lipinski definition) is 1. The quantitative estimate of drug-likeness (QED) is 0.875. The van der Waals surface area contributed by atoms with E-state index in [0.717, 1.165) is 10.2 Å². The summed E-state index contributed by atoms with van der Waals surface area (Å²) in [5.41, 5.74) is 1.47. The van der Waals surface area contributed by atoms with E-state index in [9.17, 15) is 4.79 Å². The SMILES string of the molecule is O=C(Cc1ccccc1Cl)Nc1ccc(Br)nc1. The number of anilines is 1.